The molecule has 0 aromatic heterocycles. The SMILES string of the molecule is CCCCNC(=O)C(=O)NC[C@H]1CCCN1S(=O)(=O)c1cc(C)ccc1C. The van der Waals surface area contributed by atoms with Gasteiger partial charge in [-0.25, -0.2) is 8.42 Å². The van der Waals surface area contributed by atoms with E-state index >= 15 is 0 Å². The molecule has 1 aromatic rings. The molecule has 1 fully saturated rings. The van der Waals surface area contributed by atoms with Crippen LogP contribution in [0.25, 0.3) is 0 Å². The molecule has 1 atom stereocenters. The van der Waals surface area contributed by atoms with Crippen molar-refractivity contribution < 1.29 is 18.0 Å². The molecule has 0 radical (unpaired) electrons. The van der Waals surface area contributed by atoms with Crippen molar-refractivity contribution in [3.63, 3.8) is 0 Å². The average Bonchev–Trinajstić information content (AvgIpc) is 3.11. The van der Waals surface area contributed by atoms with Crippen LogP contribution in [0.15, 0.2) is 23.1 Å². The van der Waals surface area contributed by atoms with Gasteiger partial charge in [0.2, 0.25) is 10.0 Å². The third kappa shape index (κ3) is 5.29. The Balaban J connectivity index is 2.03. The van der Waals surface area contributed by atoms with Crippen LogP contribution in [0.3, 0.4) is 0 Å². The predicted molar refractivity (Wildman–Crippen MR) is 104 cm³/mol. The molecule has 2 N–H and O–H groups in total. The van der Waals surface area contributed by atoms with Gasteiger partial charge >= 0.3 is 11.8 Å². The first kappa shape index (κ1) is 21.4. The zero-order valence-electron chi connectivity index (χ0n) is 16.2. The lowest BCUT2D eigenvalue weighted by molar-refractivity contribution is -0.139. The molecule has 1 aromatic carbocycles. The predicted octanol–water partition coefficient (Wildman–Crippen LogP) is 1.49. The zero-order valence-corrected chi connectivity index (χ0v) is 17.1. The average molecular weight is 396 g/mol. The Bertz CT molecular complexity index is 792. The minimum atomic E-state index is -3.65. The summed E-state index contributed by atoms with van der Waals surface area (Å²) in [6, 6.07) is 5.02. The third-order valence-corrected chi connectivity index (χ3v) is 6.87. The molecule has 0 saturated carbocycles. The Morgan fingerprint density at radius 3 is 2.59 bits per heavy atom. The van der Waals surface area contributed by atoms with Gasteiger partial charge in [0.15, 0.2) is 0 Å². The van der Waals surface area contributed by atoms with Gasteiger partial charge in [-0.2, -0.15) is 4.31 Å². The molecule has 1 aliphatic heterocycles. The lowest BCUT2D eigenvalue weighted by Crippen LogP contribution is -2.47. The van der Waals surface area contributed by atoms with Crippen molar-refractivity contribution in [3.8, 4) is 0 Å². The lowest BCUT2D eigenvalue weighted by Gasteiger charge is -2.25. The zero-order chi connectivity index (χ0) is 20.0. The van der Waals surface area contributed by atoms with Gasteiger partial charge in [-0.3, -0.25) is 9.59 Å². The Morgan fingerprint density at radius 2 is 1.89 bits per heavy atom. The summed E-state index contributed by atoms with van der Waals surface area (Å²) in [5.74, 6) is -1.40. The Kier molecular flexibility index (Phi) is 7.38. The first-order valence-electron chi connectivity index (χ1n) is 9.42. The van der Waals surface area contributed by atoms with E-state index in [1.807, 2.05) is 19.9 Å². The molecular weight excluding hydrogens is 366 g/mol. The second-order valence-corrected chi connectivity index (χ2v) is 8.86. The number of hydrogen-bond acceptors (Lipinski definition) is 4. The van der Waals surface area contributed by atoms with Crippen molar-refractivity contribution in [2.45, 2.75) is 57.4 Å². The van der Waals surface area contributed by atoms with Crippen LogP contribution in [-0.4, -0.2) is 50.2 Å². The maximum atomic E-state index is 13.1. The molecule has 1 saturated heterocycles. The second-order valence-electron chi connectivity index (χ2n) is 7.00. The molecule has 7 nitrogen and oxygen atoms in total. The fourth-order valence-electron chi connectivity index (χ4n) is 3.19. The highest BCUT2D eigenvalue weighted by Crippen LogP contribution is 2.28. The molecule has 0 unspecified atom stereocenters. The van der Waals surface area contributed by atoms with E-state index in [-0.39, 0.29) is 12.6 Å². The van der Waals surface area contributed by atoms with Crippen LogP contribution >= 0.6 is 0 Å². The van der Waals surface area contributed by atoms with E-state index in [0.717, 1.165) is 24.8 Å². The maximum Gasteiger partial charge on any atom is 0.309 e. The van der Waals surface area contributed by atoms with E-state index in [1.54, 1.807) is 19.1 Å². The van der Waals surface area contributed by atoms with Crippen LogP contribution in [0.5, 0.6) is 0 Å². The number of rotatable bonds is 7. The van der Waals surface area contributed by atoms with Gasteiger partial charge in [-0.15, -0.1) is 0 Å². The van der Waals surface area contributed by atoms with E-state index in [2.05, 4.69) is 10.6 Å². The molecule has 2 rings (SSSR count). The maximum absolute atomic E-state index is 13.1. The summed E-state index contributed by atoms with van der Waals surface area (Å²) in [4.78, 5) is 24.0. The Labute approximate surface area is 161 Å². The van der Waals surface area contributed by atoms with Crippen LogP contribution in [0.1, 0.15) is 43.7 Å². The van der Waals surface area contributed by atoms with E-state index in [1.165, 1.54) is 4.31 Å². The molecule has 150 valence electrons. The van der Waals surface area contributed by atoms with Gasteiger partial charge < -0.3 is 10.6 Å². The number of aryl methyl sites for hydroxylation is 2. The van der Waals surface area contributed by atoms with E-state index < -0.39 is 21.8 Å². The Hall–Kier alpha value is -1.93. The highest BCUT2D eigenvalue weighted by molar-refractivity contribution is 7.89. The summed E-state index contributed by atoms with van der Waals surface area (Å²) in [6.45, 7) is 6.64. The number of carbonyl (C=O) groups excluding carboxylic acids is 2. The van der Waals surface area contributed by atoms with Crippen molar-refractivity contribution in [2.24, 2.45) is 0 Å². The summed E-state index contributed by atoms with van der Waals surface area (Å²) in [5.41, 5.74) is 1.58. The van der Waals surface area contributed by atoms with E-state index in [0.29, 0.717) is 30.0 Å². The van der Waals surface area contributed by atoms with Gasteiger partial charge in [0, 0.05) is 25.7 Å². The number of amides is 2. The minimum absolute atomic E-state index is 0.129. The quantitative estimate of drug-likeness (QED) is 0.540. The highest BCUT2D eigenvalue weighted by atomic mass is 32.2. The fourth-order valence-corrected chi connectivity index (χ4v) is 5.20. The summed E-state index contributed by atoms with van der Waals surface area (Å²) in [6.07, 6.45) is 3.12. The number of sulfonamides is 1. The topological polar surface area (TPSA) is 95.6 Å². The van der Waals surface area contributed by atoms with Gasteiger partial charge in [-0.1, -0.05) is 25.5 Å². The lowest BCUT2D eigenvalue weighted by atomic mass is 10.2. The smallest absolute Gasteiger partial charge is 0.309 e. The van der Waals surface area contributed by atoms with E-state index in [4.69, 9.17) is 0 Å². The molecule has 1 aliphatic rings. The number of unbranched alkanes of at least 4 members (excludes halogenated alkanes) is 1. The summed E-state index contributed by atoms with van der Waals surface area (Å²) < 4.78 is 27.7. The van der Waals surface area contributed by atoms with Crippen LogP contribution in [0, 0.1) is 13.8 Å². The number of nitrogens with one attached hydrogen (secondary N) is 2. The van der Waals surface area contributed by atoms with Crippen molar-refractivity contribution in [3.05, 3.63) is 29.3 Å². The van der Waals surface area contributed by atoms with Gasteiger partial charge in [0.25, 0.3) is 0 Å². The van der Waals surface area contributed by atoms with Gasteiger partial charge in [-0.05, 0) is 50.3 Å². The van der Waals surface area contributed by atoms with Crippen molar-refractivity contribution in [2.75, 3.05) is 19.6 Å². The minimum Gasteiger partial charge on any atom is -0.348 e. The van der Waals surface area contributed by atoms with Crippen LogP contribution in [0.2, 0.25) is 0 Å². The number of benzene rings is 1. The normalized spacial score (nSPS) is 17.7. The molecule has 8 heteroatoms. The largest absolute Gasteiger partial charge is 0.348 e. The van der Waals surface area contributed by atoms with Gasteiger partial charge in [0.05, 0.1) is 4.90 Å². The van der Waals surface area contributed by atoms with Crippen molar-refractivity contribution in [1.29, 1.82) is 0 Å². The molecule has 27 heavy (non-hydrogen) atoms. The van der Waals surface area contributed by atoms with Crippen molar-refractivity contribution in [1.82, 2.24) is 14.9 Å². The first-order chi connectivity index (χ1) is 12.8. The molecule has 0 aliphatic carbocycles. The fraction of sp³-hybridized carbons (Fsp3) is 0.579. The molecular formula is C19H29N3O4S. The van der Waals surface area contributed by atoms with Gasteiger partial charge in [0.1, 0.15) is 0 Å². The first-order valence-corrected chi connectivity index (χ1v) is 10.9. The van der Waals surface area contributed by atoms with Crippen LogP contribution in [-0.2, 0) is 19.6 Å². The summed E-state index contributed by atoms with van der Waals surface area (Å²) >= 11 is 0. The standard InChI is InChI=1S/C19H29N3O4S/c1-4-5-10-20-18(23)19(24)21-13-16-7-6-11-22(16)27(25,26)17-12-14(2)8-9-15(17)3/h8-9,12,16H,4-7,10-11,13H2,1-3H3,(H,20,23)(H,21,24)/t16-/m1/s1. The summed E-state index contributed by atoms with van der Waals surface area (Å²) in [7, 11) is -3.65. The van der Waals surface area contributed by atoms with Crippen LogP contribution < -0.4 is 10.6 Å². The number of carbonyl (C=O) groups is 2. The van der Waals surface area contributed by atoms with E-state index in [9.17, 15) is 18.0 Å². The van der Waals surface area contributed by atoms with Crippen LogP contribution in [0.4, 0.5) is 0 Å². The summed E-state index contributed by atoms with van der Waals surface area (Å²) in [5, 5.41) is 5.13. The second kappa shape index (κ2) is 9.32. The molecule has 1 heterocycles. The third-order valence-electron chi connectivity index (χ3n) is 4.77. The number of hydrogen-bond donors (Lipinski definition) is 2. The monoisotopic (exact) mass is 395 g/mol. The molecule has 0 bridgehead atoms. The van der Waals surface area contributed by atoms with Crippen molar-refractivity contribution >= 4 is 21.8 Å². The Morgan fingerprint density at radius 1 is 1.19 bits per heavy atom. The molecule has 2 amide bonds. The molecule has 0 spiro atoms. The number of nitrogens with zero attached hydrogens (tertiary/aromatic N) is 1. The highest BCUT2D eigenvalue weighted by Gasteiger charge is 2.36.